The Labute approximate surface area is 128 Å². The van der Waals surface area contributed by atoms with Crippen LogP contribution in [0, 0.1) is 0 Å². The second-order valence-corrected chi connectivity index (χ2v) is 6.14. The van der Waals surface area contributed by atoms with Crippen molar-refractivity contribution in [2.45, 2.75) is 57.9 Å². The van der Waals surface area contributed by atoms with Crippen LogP contribution in [0.4, 0.5) is 0 Å². The summed E-state index contributed by atoms with van der Waals surface area (Å²) in [6, 6.07) is 8.74. The highest BCUT2D eigenvalue weighted by Crippen LogP contribution is 2.22. The van der Waals surface area contributed by atoms with Gasteiger partial charge in [-0.1, -0.05) is 48.7 Å². The molecule has 0 saturated heterocycles. The molecule has 20 heavy (non-hydrogen) atoms. The fourth-order valence-corrected chi connectivity index (χ4v) is 3.03. The average molecular weight is 292 g/mol. The quantitative estimate of drug-likeness (QED) is 0.639. The van der Waals surface area contributed by atoms with Gasteiger partial charge >= 0.3 is 0 Å². The third kappa shape index (κ3) is 4.96. The van der Waals surface area contributed by atoms with E-state index in [1.54, 1.807) is 5.57 Å². The van der Waals surface area contributed by atoms with E-state index >= 15 is 0 Å². The van der Waals surface area contributed by atoms with Gasteiger partial charge in [0.2, 0.25) is 0 Å². The molecule has 1 N–H and O–H groups in total. The van der Waals surface area contributed by atoms with Gasteiger partial charge in [-0.3, -0.25) is 0 Å². The predicted molar refractivity (Wildman–Crippen MR) is 88.3 cm³/mol. The predicted octanol–water partition coefficient (Wildman–Crippen LogP) is 5.66. The van der Waals surface area contributed by atoms with E-state index in [2.05, 4.69) is 30.4 Å². The Kier molecular flexibility index (Phi) is 6.62. The Morgan fingerprint density at radius 2 is 2.00 bits per heavy atom. The highest BCUT2D eigenvalue weighted by Gasteiger charge is 2.10. The SMILES string of the molecule is CCCC(NCCC1=CCCCC1)c1ccc(Cl)cc1. The highest BCUT2D eigenvalue weighted by molar-refractivity contribution is 6.30. The lowest BCUT2D eigenvalue weighted by Crippen LogP contribution is -2.23. The average Bonchev–Trinajstić information content (AvgIpc) is 2.48. The Balaban J connectivity index is 1.85. The lowest BCUT2D eigenvalue weighted by molar-refractivity contribution is 0.492. The van der Waals surface area contributed by atoms with Gasteiger partial charge in [-0.25, -0.2) is 0 Å². The van der Waals surface area contributed by atoms with Gasteiger partial charge in [0.15, 0.2) is 0 Å². The van der Waals surface area contributed by atoms with Gasteiger partial charge in [-0.05, 0) is 62.8 Å². The van der Waals surface area contributed by atoms with Crippen LogP contribution in [0.3, 0.4) is 0 Å². The molecule has 1 atom stereocenters. The molecule has 0 fully saturated rings. The van der Waals surface area contributed by atoms with Crippen molar-refractivity contribution in [2.24, 2.45) is 0 Å². The van der Waals surface area contributed by atoms with E-state index in [4.69, 9.17) is 11.6 Å². The molecule has 1 aromatic rings. The maximum atomic E-state index is 5.97. The molecule has 0 aliphatic heterocycles. The van der Waals surface area contributed by atoms with Crippen LogP contribution in [0.25, 0.3) is 0 Å². The number of nitrogens with one attached hydrogen (secondary N) is 1. The molecule has 1 aromatic carbocycles. The molecule has 1 aliphatic carbocycles. The Morgan fingerprint density at radius 3 is 2.65 bits per heavy atom. The molecule has 2 heteroatoms. The third-order valence-electron chi connectivity index (χ3n) is 4.07. The third-order valence-corrected chi connectivity index (χ3v) is 4.32. The molecule has 0 spiro atoms. The second-order valence-electron chi connectivity index (χ2n) is 5.71. The summed E-state index contributed by atoms with van der Waals surface area (Å²) < 4.78 is 0. The number of benzene rings is 1. The summed E-state index contributed by atoms with van der Waals surface area (Å²) in [6.07, 6.45) is 11.4. The van der Waals surface area contributed by atoms with E-state index < -0.39 is 0 Å². The molecule has 0 aromatic heterocycles. The molecule has 0 saturated carbocycles. The van der Waals surface area contributed by atoms with E-state index in [-0.39, 0.29) is 0 Å². The molecule has 1 nitrogen and oxygen atoms in total. The lowest BCUT2D eigenvalue weighted by Gasteiger charge is -2.20. The van der Waals surface area contributed by atoms with E-state index in [1.165, 1.54) is 50.5 Å². The zero-order valence-electron chi connectivity index (χ0n) is 12.5. The molecule has 110 valence electrons. The maximum absolute atomic E-state index is 5.97. The summed E-state index contributed by atoms with van der Waals surface area (Å²) in [6.45, 7) is 3.33. The molecule has 1 aliphatic rings. The van der Waals surface area contributed by atoms with Gasteiger partial charge in [0.25, 0.3) is 0 Å². The zero-order chi connectivity index (χ0) is 14.2. The number of allylic oxidation sites excluding steroid dienone is 1. The van der Waals surface area contributed by atoms with Crippen molar-refractivity contribution in [2.75, 3.05) is 6.54 Å². The van der Waals surface area contributed by atoms with Crippen molar-refractivity contribution in [1.29, 1.82) is 0 Å². The van der Waals surface area contributed by atoms with Crippen LogP contribution in [0.15, 0.2) is 35.9 Å². The molecule has 0 radical (unpaired) electrons. The summed E-state index contributed by atoms with van der Waals surface area (Å²) in [5.41, 5.74) is 3.00. The van der Waals surface area contributed by atoms with Gasteiger partial charge in [-0.2, -0.15) is 0 Å². The van der Waals surface area contributed by atoms with Crippen molar-refractivity contribution < 1.29 is 0 Å². The minimum atomic E-state index is 0.460. The Hall–Kier alpha value is -0.790. The van der Waals surface area contributed by atoms with Crippen molar-refractivity contribution in [1.82, 2.24) is 5.32 Å². The summed E-state index contributed by atoms with van der Waals surface area (Å²) in [5, 5.41) is 4.54. The first kappa shape index (κ1) is 15.6. The lowest BCUT2D eigenvalue weighted by atomic mass is 9.96. The smallest absolute Gasteiger partial charge is 0.0406 e. The molecular weight excluding hydrogens is 266 g/mol. The summed E-state index contributed by atoms with van der Waals surface area (Å²) in [4.78, 5) is 0. The van der Waals surface area contributed by atoms with Gasteiger partial charge in [0.1, 0.15) is 0 Å². The second kappa shape index (κ2) is 8.49. The van der Waals surface area contributed by atoms with Crippen molar-refractivity contribution in [3.8, 4) is 0 Å². The summed E-state index contributed by atoms with van der Waals surface area (Å²) in [5.74, 6) is 0. The largest absolute Gasteiger partial charge is 0.310 e. The van der Waals surface area contributed by atoms with E-state index in [1.807, 2.05) is 12.1 Å². The topological polar surface area (TPSA) is 12.0 Å². The Morgan fingerprint density at radius 1 is 1.20 bits per heavy atom. The van der Waals surface area contributed by atoms with Crippen LogP contribution < -0.4 is 5.32 Å². The van der Waals surface area contributed by atoms with Crippen LogP contribution in [0.5, 0.6) is 0 Å². The summed E-state index contributed by atoms with van der Waals surface area (Å²) in [7, 11) is 0. The highest BCUT2D eigenvalue weighted by atomic mass is 35.5. The number of halogens is 1. The first-order valence-electron chi connectivity index (χ1n) is 7.96. The van der Waals surface area contributed by atoms with Crippen molar-refractivity contribution >= 4 is 11.6 Å². The van der Waals surface area contributed by atoms with Crippen molar-refractivity contribution in [3.05, 3.63) is 46.5 Å². The van der Waals surface area contributed by atoms with Crippen LogP contribution in [-0.2, 0) is 0 Å². The molecule has 0 heterocycles. The van der Waals surface area contributed by atoms with Crippen LogP contribution in [-0.4, -0.2) is 6.54 Å². The van der Waals surface area contributed by atoms with Crippen LogP contribution in [0.2, 0.25) is 5.02 Å². The Bertz CT molecular complexity index is 422. The molecule has 0 bridgehead atoms. The molecule has 2 rings (SSSR count). The van der Waals surface area contributed by atoms with Crippen molar-refractivity contribution in [3.63, 3.8) is 0 Å². The van der Waals surface area contributed by atoms with E-state index in [0.717, 1.165) is 11.6 Å². The zero-order valence-corrected chi connectivity index (χ0v) is 13.3. The van der Waals surface area contributed by atoms with E-state index in [9.17, 15) is 0 Å². The van der Waals surface area contributed by atoms with E-state index in [0.29, 0.717) is 6.04 Å². The van der Waals surface area contributed by atoms with Crippen LogP contribution in [0.1, 0.15) is 63.5 Å². The molecule has 0 amide bonds. The standard InChI is InChI=1S/C18H26ClN/c1-2-6-18(16-9-11-17(19)12-10-16)20-14-13-15-7-4-3-5-8-15/h7,9-12,18,20H,2-6,8,13-14H2,1H3. The van der Waals surface area contributed by atoms with Gasteiger partial charge < -0.3 is 5.32 Å². The monoisotopic (exact) mass is 291 g/mol. The minimum absolute atomic E-state index is 0.460. The van der Waals surface area contributed by atoms with Gasteiger partial charge in [-0.15, -0.1) is 0 Å². The normalized spacial score (nSPS) is 16.8. The van der Waals surface area contributed by atoms with Gasteiger partial charge in [0.05, 0.1) is 0 Å². The van der Waals surface area contributed by atoms with Gasteiger partial charge in [0, 0.05) is 11.1 Å². The maximum Gasteiger partial charge on any atom is 0.0406 e. The summed E-state index contributed by atoms with van der Waals surface area (Å²) >= 11 is 5.97. The fourth-order valence-electron chi connectivity index (χ4n) is 2.91. The first-order chi connectivity index (χ1) is 9.79. The number of hydrogen-bond acceptors (Lipinski definition) is 1. The molecule has 1 unspecified atom stereocenters. The fraction of sp³-hybridized carbons (Fsp3) is 0.556. The van der Waals surface area contributed by atoms with Crippen LogP contribution >= 0.6 is 11.6 Å². The first-order valence-corrected chi connectivity index (χ1v) is 8.34. The number of rotatable bonds is 7. The minimum Gasteiger partial charge on any atom is -0.310 e. The number of hydrogen-bond donors (Lipinski definition) is 1. The molecular formula is C18H26ClN.